The molecular weight excluding hydrogens is 318 g/mol. The molecule has 0 aromatic carbocycles. The Balaban J connectivity index is 3.20. The van der Waals surface area contributed by atoms with Gasteiger partial charge in [-0.3, -0.25) is 4.79 Å². The topological polar surface area (TPSA) is 65.2 Å². The number of rotatable bonds is 4. The van der Waals surface area contributed by atoms with Gasteiger partial charge >= 0.3 is 0 Å². The van der Waals surface area contributed by atoms with Crippen LogP contribution in [0.25, 0.3) is 0 Å². The summed E-state index contributed by atoms with van der Waals surface area (Å²) in [6, 6.07) is 2.21. The van der Waals surface area contributed by atoms with Crippen LogP contribution in [-0.2, 0) is 4.79 Å². The molecule has 130 valence electrons. The highest BCUT2D eigenvalue weighted by molar-refractivity contribution is 8.18. The number of hydrogen-bond donors (Lipinski definition) is 1. The average Bonchev–Trinajstić information content (AvgIpc) is 2.82. The van der Waals surface area contributed by atoms with Gasteiger partial charge in [-0.25, -0.2) is 4.99 Å². The number of carbonyl (C=O) groups excluding carboxylic acids is 1. The van der Waals surface area contributed by atoms with Crippen LogP contribution in [0, 0.1) is 16.7 Å². The first-order valence-electron chi connectivity index (χ1n) is 8.21. The smallest absolute Gasteiger partial charge is 0.230 e. The van der Waals surface area contributed by atoms with Gasteiger partial charge in [-0.15, -0.1) is 0 Å². The van der Waals surface area contributed by atoms with Crippen LogP contribution in [0.5, 0.6) is 0 Å². The van der Waals surface area contributed by atoms with Crippen LogP contribution in [0.1, 0.15) is 61.3 Å². The third-order valence-corrected chi connectivity index (χ3v) is 4.76. The van der Waals surface area contributed by atoms with E-state index in [9.17, 15) is 10.1 Å². The first-order chi connectivity index (χ1) is 11.1. The van der Waals surface area contributed by atoms with Crippen LogP contribution in [-0.4, -0.2) is 11.0 Å². The normalized spacial score (nSPS) is 19.6. The van der Waals surface area contributed by atoms with Crippen LogP contribution >= 0.6 is 11.8 Å². The lowest BCUT2D eigenvalue weighted by molar-refractivity contribution is -0.127. The quantitative estimate of drug-likeness (QED) is 0.773. The summed E-state index contributed by atoms with van der Waals surface area (Å²) in [7, 11) is 0. The molecule has 0 spiro atoms. The van der Waals surface area contributed by atoms with Crippen molar-refractivity contribution < 1.29 is 4.79 Å². The molecule has 4 nitrogen and oxygen atoms in total. The molecule has 0 saturated heterocycles. The number of hydrogen-bond acceptors (Lipinski definition) is 4. The second-order valence-corrected chi connectivity index (χ2v) is 7.86. The van der Waals surface area contributed by atoms with E-state index in [4.69, 9.17) is 4.99 Å². The molecule has 1 N–H and O–H groups in total. The molecule has 1 amide bonds. The summed E-state index contributed by atoms with van der Waals surface area (Å²) in [4.78, 5) is 17.0. The van der Waals surface area contributed by atoms with Crippen molar-refractivity contribution in [2.45, 2.75) is 61.3 Å². The van der Waals surface area contributed by atoms with E-state index in [-0.39, 0.29) is 5.91 Å². The molecule has 0 bridgehead atoms. The summed E-state index contributed by atoms with van der Waals surface area (Å²) in [5.41, 5.74) is 2.97. The zero-order chi connectivity index (χ0) is 18.5. The summed E-state index contributed by atoms with van der Waals surface area (Å²) in [6.45, 7) is 13.6. The number of amides is 1. The van der Waals surface area contributed by atoms with E-state index in [1.807, 2.05) is 40.7 Å². The van der Waals surface area contributed by atoms with Gasteiger partial charge < -0.3 is 5.32 Å². The summed E-state index contributed by atoms with van der Waals surface area (Å²) >= 11 is 1.36. The number of aliphatic imine (C=N–C) groups is 1. The third kappa shape index (κ3) is 4.85. The fourth-order valence-corrected chi connectivity index (χ4v) is 3.18. The fourth-order valence-electron chi connectivity index (χ4n) is 2.08. The zero-order valence-corrected chi connectivity index (χ0v) is 16.5. The summed E-state index contributed by atoms with van der Waals surface area (Å²) in [6.07, 6.45) is 3.96. The van der Waals surface area contributed by atoms with Gasteiger partial charge in [-0.05, 0) is 27.2 Å². The molecule has 0 saturated carbocycles. The van der Waals surface area contributed by atoms with Crippen LogP contribution < -0.4 is 5.32 Å². The Morgan fingerprint density at radius 1 is 1.38 bits per heavy atom. The first kappa shape index (κ1) is 20.2. The van der Waals surface area contributed by atoms with Gasteiger partial charge in [0.2, 0.25) is 5.91 Å². The molecule has 24 heavy (non-hydrogen) atoms. The van der Waals surface area contributed by atoms with Crippen LogP contribution in [0.3, 0.4) is 0 Å². The van der Waals surface area contributed by atoms with Crippen molar-refractivity contribution in [3.8, 4) is 6.07 Å². The standard InChI is InChI=1S/C19H27N3OS/c1-8-10-12(3)13(4)21-16-14(9-2)15(11-20)17(24-16)22-18(23)19(5,6)7/h9H,8,10H2,1-7H3,(H,22,23)/b13-12+,14-9+,21-16-. The summed E-state index contributed by atoms with van der Waals surface area (Å²) < 4.78 is 0. The number of nitrogens with one attached hydrogen (secondary N) is 1. The molecule has 0 unspecified atom stereocenters. The predicted octanol–water partition coefficient (Wildman–Crippen LogP) is 5.07. The van der Waals surface area contributed by atoms with E-state index >= 15 is 0 Å². The Morgan fingerprint density at radius 3 is 2.46 bits per heavy atom. The largest absolute Gasteiger partial charge is 0.319 e. The SMILES string of the molecule is C\C=C1/C(C#N)=C(NC(=O)C(C)(C)C)S/C1=N\C(C)=C(/C)CCC. The number of allylic oxidation sites excluding steroid dienone is 4. The Kier molecular flexibility index (Phi) is 7.04. The lowest BCUT2D eigenvalue weighted by atomic mass is 9.96. The molecule has 0 fully saturated rings. The van der Waals surface area contributed by atoms with Crippen molar-refractivity contribution in [1.82, 2.24) is 5.32 Å². The molecule has 1 rings (SSSR count). The number of carbonyl (C=O) groups is 1. The zero-order valence-electron chi connectivity index (χ0n) is 15.7. The molecule has 0 aromatic rings. The highest BCUT2D eigenvalue weighted by atomic mass is 32.2. The van der Waals surface area contributed by atoms with Gasteiger partial charge in [0.25, 0.3) is 0 Å². The van der Waals surface area contributed by atoms with E-state index in [0.717, 1.165) is 29.2 Å². The predicted molar refractivity (Wildman–Crippen MR) is 102 cm³/mol. The van der Waals surface area contributed by atoms with E-state index in [0.29, 0.717) is 10.6 Å². The Morgan fingerprint density at radius 2 is 2.00 bits per heavy atom. The van der Waals surface area contributed by atoms with Gasteiger partial charge in [0.15, 0.2) is 0 Å². The van der Waals surface area contributed by atoms with Gasteiger partial charge in [-0.1, -0.05) is 57.5 Å². The molecule has 1 aliphatic rings. The minimum absolute atomic E-state index is 0.108. The fraction of sp³-hybridized carbons (Fsp3) is 0.526. The van der Waals surface area contributed by atoms with E-state index in [1.165, 1.54) is 17.3 Å². The van der Waals surface area contributed by atoms with Gasteiger partial charge in [-0.2, -0.15) is 5.26 Å². The average molecular weight is 346 g/mol. The maximum atomic E-state index is 12.3. The van der Waals surface area contributed by atoms with Crippen molar-refractivity contribution in [3.05, 3.63) is 33.5 Å². The maximum absolute atomic E-state index is 12.3. The van der Waals surface area contributed by atoms with Crippen molar-refractivity contribution in [3.63, 3.8) is 0 Å². The van der Waals surface area contributed by atoms with Crippen LogP contribution in [0.2, 0.25) is 0 Å². The Labute approximate surface area is 149 Å². The molecule has 0 aromatic heterocycles. The van der Waals surface area contributed by atoms with Gasteiger partial charge in [0.05, 0.1) is 10.6 Å². The molecule has 0 radical (unpaired) electrons. The van der Waals surface area contributed by atoms with E-state index in [2.05, 4.69) is 25.2 Å². The molecule has 1 aliphatic heterocycles. The Bertz CT molecular complexity index is 682. The lowest BCUT2D eigenvalue weighted by Gasteiger charge is -2.17. The first-order valence-corrected chi connectivity index (χ1v) is 9.03. The monoisotopic (exact) mass is 345 g/mol. The lowest BCUT2D eigenvalue weighted by Crippen LogP contribution is -2.33. The minimum Gasteiger partial charge on any atom is -0.319 e. The van der Waals surface area contributed by atoms with Crippen LogP contribution in [0.15, 0.2) is 38.5 Å². The molecule has 0 aliphatic carbocycles. The third-order valence-electron chi connectivity index (χ3n) is 3.75. The second kappa shape index (κ2) is 8.34. The number of nitriles is 1. The number of nitrogens with zero attached hydrogens (tertiary/aromatic N) is 2. The molecule has 0 atom stereocenters. The van der Waals surface area contributed by atoms with Crippen LogP contribution in [0.4, 0.5) is 0 Å². The van der Waals surface area contributed by atoms with Gasteiger partial charge in [0, 0.05) is 16.7 Å². The highest BCUT2D eigenvalue weighted by Crippen LogP contribution is 2.37. The van der Waals surface area contributed by atoms with Gasteiger partial charge in [0.1, 0.15) is 11.1 Å². The Hall–Kier alpha value is -1.80. The van der Waals surface area contributed by atoms with Crippen molar-refractivity contribution in [2.75, 3.05) is 0 Å². The second-order valence-electron chi connectivity index (χ2n) is 6.86. The molecular formula is C19H27N3OS. The van der Waals surface area contributed by atoms with E-state index < -0.39 is 5.41 Å². The maximum Gasteiger partial charge on any atom is 0.230 e. The highest BCUT2D eigenvalue weighted by Gasteiger charge is 2.30. The summed E-state index contributed by atoms with van der Waals surface area (Å²) in [5, 5.41) is 13.7. The molecule has 1 heterocycles. The number of thioether (sulfide) groups is 1. The summed E-state index contributed by atoms with van der Waals surface area (Å²) in [5.74, 6) is -0.108. The van der Waals surface area contributed by atoms with Crippen molar-refractivity contribution in [2.24, 2.45) is 10.4 Å². The van der Waals surface area contributed by atoms with E-state index in [1.54, 1.807) is 0 Å². The molecule has 5 heteroatoms. The van der Waals surface area contributed by atoms with Crippen molar-refractivity contribution in [1.29, 1.82) is 5.26 Å². The van der Waals surface area contributed by atoms with Crippen molar-refractivity contribution >= 4 is 22.7 Å². The minimum atomic E-state index is -0.516.